The molecule has 1 saturated heterocycles. The fourth-order valence-corrected chi connectivity index (χ4v) is 2.76. The van der Waals surface area contributed by atoms with Crippen LogP contribution in [0.3, 0.4) is 0 Å². The minimum absolute atomic E-state index is 0.133. The Morgan fingerprint density at radius 1 is 1.00 bits per heavy atom. The molecular weight excluding hydrogens is 283 g/mol. The van der Waals surface area contributed by atoms with Gasteiger partial charge < -0.3 is 9.84 Å². The van der Waals surface area contributed by atoms with Crippen LogP contribution in [0.4, 0.5) is 0 Å². The minimum atomic E-state index is 0.133. The van der Waals surface area contributed by atoms with Crippen molar-refractivity contribution in [1.82, 2.24) is 0 Å². The fraction of sp³-hybridized carbons (Fsp3) is 0.786. The summed E-state index contributed by atoms with van der Waals surface area (Å²) in [6, 6.07) is 0. The van der Waals surface area contributed by atoms with E-state index in [1.165, 1.54) is 12.5 Å². The van der Waals surface area contributed by atoms with E-state index in [0.717, 1.165) is 55.9 Å². The van der Waals surface area contributed by atoms with Gasteiger partial charge in [-0.1, -0.05) is 19.3 Å². The summed E-state index contributed by atoms with van der Waals surface area (Å²) in [6.07, 6.45) is 8.71. The Bertz CT molecular complexity index is 305. The van der Waals surface area contributed by atoms with Crippen molar-refractivity contribution < 1.29 is 35.7 Å². The van der Waals surface area contributed by atoms with Crippen LogP contribution in [0.25, 0.3) is 0 Å². The number of rotatable bonds is 3. The third kappa shape index (κ3) is 5.59. The van der Waals surface area contributed by atoms with Gasteiger partial charge in [-0.3, -0.25) is 4.79 Å². The zero-order valence-corrected chi connectivity index (χ0v) is 12.6. The van der Waals surface area contributed by atoms with Crippen LogP contribution in [0.5, 0.6) is 0 Å². The first-order valence-corrected chi connectivity index (χ1v) is 7.55. The normalized spacial score (nSPS) is 22.4. The van der Waals surface area contributed by atoms with Gasteiger partial charge in [0.15, 0.2) is 5.78 Å². The van der Waals surface area contributed by atoms with E-state index in [9.17, 15) is 9.90 Å². The Balaban J connectivity index is 0.000000861. The maximum atomic E-state index is 12.0. The van der Waals surface area contributed by atoms with Gasteiger partial charge in [-0.2, -0.15) is 0 Å². The van der Waals surface area contributed by atoms with E-state index in [1.807, 2.05) is 0 Å². The Hall–Kier alpha value is -0.446. The molecule has 1 aliphatic heterocycles. The van der Waals surface area contributed by atoms with Crippen molar-refractivity contribution in [3.05, 3.63) is 11.8 Å². The van der Waals surface area contributed by atoms with Gasteiger partial charge in [0.2, 0.25) is 0 Å². The molecule has 0 bridgehead atoms. The van der Waals surface area contributed by atoms with E-state index >= 15 is 0 Å². The molecule has 0 amide bonds. The van der Waals surface area contributed by atoms with Gasteiger partial charge in [0.25, 0.3) is 0 Å². The predicted molar refractivity (Wildman–Crippen MR) is 66.5 cm³/mol. The van der Waals surface area contributed by atoms with Gasteiger partial charge in [0, 0.05) is 31.1 Å². The van der Waals surface area contributed by atoms with E-state index < -0.39 is 0 Å². The van der Waals surface area contributed by atoms with Crippen molar-refractivity contribution in [2.24, 2.45) is 11.8 Å². The van der Waals surface area contributed by atoms with Gasteiger partial charge in [-0.15, -0.1) is 0 Å². The van der Waals surface area contributed by atoms with Crippen molar-refractivity contribution in [1.29, 1.82) is 0 Å². The third-order valence-corrected chi connectivity index (χ3v) is 3.94. The summed E-state index contributed by atoms with van der Waals surface area (Å²) in [4.78, 5) is 12.0. The summed E-state index contributed by atoms with van der Waals surface area (Å²) >= 11 is 1.06. The zero-order chi connectivity index (χ0) is 14.1. The second kappa shape index (κ2) is 9.46. The Morgan fingerprint density at radius 3 is 2.16 bits per heavy atom. The molecule has 0 unspecified atom stereocenters. The van der Waals surface area contributed by atoms with E-state index in [2.05, 4.69) is 0 Å². The van der Waals surface area contributed by atoms with Crippen LogP contribution in [0.1, 0.15) is 44.9 Å². The van der Waals surface area contributed by atoms with Crippen LogP contribution in [0.15, 0.2) is 11.8 Å². The van der Waals surface area contributed by atoms with Crippen molar-refractivity contribution in [3.63, 3.8) is 0 Å². The second-order valence-electron chi connectivity index (χ2n) is 5.19. The van der Waals surface area contributed by atoms with E-state index in [1.54, 1.807) is 0 Å². The Labute approximate surface area is 123 Å². The van der Waals surface area contributed by atoms with Crippen molar-refractivity contribution >= 4 is 5.78 Å². The summed E-state index contributed by atoms with van der Waals surface area (Å²) in [5, 5.41) is 9.96. The molecule has 1 heterocycles. The summed E-state index contributed by atoms with van der Waals surface area (Å²) < 4.78 is 13.4. The molecule has 2 aliphatic rings. The number of carbonyl (C=O) groups is 1. The number of aliphatic hydroxyl groups is 1. The molecule has 2 rings (SSSR count). The zero-order valence-electron chi connectivity index (χ0n) is 11.2. The van der Waals surface area contributed by atoms with Gasteiger partial charge in [0.1, 0.15) is 0 Å². The number of hydrogen-bond acceptors (Lipinski definition) is 4. The van der Waals surface area contributed by atoms with Crippen molar-refractivity contribution in [3.8, 4) is 0 Å². The molecule has 1 saturated carbocycles. The molecule has 2 fully saturated rings. The van der Waals surface area contributed by atoms with Crippen LogP contribution in [0, 0.1) is 11.8 Å². The Kier molecular flexibility index (Phi) is 8.27. The predicted octanol–water partition coefficient (Wildman–Crippen LogP) is 2.88. The standard InChI is InChI=1S/C14H22O3.O.V/c15-13(11-4-2-1-3-5-11)10-14(16)12-6-8-17-9-7-12;;/h10-12,16H,1-9H2;;/b14-10-;;. The number of carbonyl (C=O) groups excluding carboxylic acids is 1. The first-order chi connectivity index (χ1) is 9.27. The number of allylic oxidation sites excluding steroid dienone is 2. The van der Waals surface area contributed by atoms with E-state index in [0.29, 0.717) is 13.2 Å². The first-order valence-electron chi connectivity index (χ1n) is 6.98. The quantitative estimate of drug-likeness (QED) is 0.643. The molecule has 0 aromatic heterocycles. The molecule has 4 nitrogen and oxygen atoms in total. The average Bonchev–Trinajstić information content (AvgIpc) is 2.51. The average molecular weight is 305 g/mol. The molecule has 0 aromatic carbocycles. The van der Waals surface area contributed by atoms with Crippen molar-refractivity contribution in [2.45, 2.75) is 44.9 Å². The van der Waals surface area contributed by atoms with Crippen LogP contribution in [-0.2, 0) is 30.6 Å². The summed E-state index contributed by atoms with van der Waals surface area (Å²) in [6.45, 7) is 1.39. The summed E-state index contributed by atoms with van der Waals surface area (Å²) in [5.74, 6) is 0.708. The van der Waals surface area contributed by atoms with Gasteiger partial charge >= 0.3 is 21.0 Å². The van der Waals surface area contributed by atoms with E-state index in [4.69, 9.17) is 8.41 Å². The maximum absolute atomic E-state index is 12.0. The molecule has 0 aromatic rings. The first kappa shape index (κ1) is 16.6. The molecule has 19 heavy (non-hydrogen) atoms. The second-order valence-corrected chi connectivity index (χ2v) is 5.19. The fourth-order valence-electron chi connectivity index (χ4n) is 2.76. The van der Waals surface area contributed by atoms with Crippen LogP contribution in [-0.4, -0.2) is 24.1 Å². The van der Waals surface area contributed by atoms with Gasteiger partial charge in [-0.25, -0.2) is 0 Å². The molecule has 5 heteroatoms. The number of hydrogen-bond donors (Lipinski definition) is 1. The van der Waals surface area contributed by atoms with Crippen molar-refractivity contribution in [2.75, 3.05) is 13.2 Å². The molecule has 107 valence electrons. The SMILES string of the molecule is O=C(/C=C(\O)C1CCOCC1)C1CCCCC1.[O]=[V]. The topological polar surface area (TPSA) is 63.6 Å². The number of aliphatic hydroxyl groups excluding tert-OH is 1. The third-order valence-electron chi connectivity index (χ3n) is 3.94. The van der Waals surface area contributed by atoms with Crippen LogP contribution in [0.2, 0.25) is 0 Å². The molecule has 0 spiro atoms. The summed E-state index contributed by atoms with van der Waals surface area (Å²) in [5.41, 5.74) is 0. The van der Waals surface area contributed by atoms with Crippen LogP contribution >= 0.6 is 0 Å². The Morgan fingerprint density at radius 2 is 1.58 bits per heavy atom. The molecule has 1 aliphatic carbocycles. The van der Waals surface area contributed by atoms with Gasteiger partial charge in [-0.05, 0) is 25.7 Å². The molecular formula is C14H22O4V. The summed E-state index contributed by atoms with van der Waals surface area (Å²) in [7, 11) is 0. The molecule has 0 atom stereocenters. The monoisotopic (exact) mass is 305 g/mol. The number of ketones is 1. The number of ether oxygens (including phenoxy) is 1. The van der Waals surface area contributed by atoms with Crippen LogP contribution < -0.4 is 0 Å². The van der Waals surface area contributed by atoms with E-state index in [-0.39, 0.29) is 23.4 Å². The molecule has 0 radical (unpaired) electrons. The van der Waals surface area contributed by atoms with Gasteiger partial charge in [0.05, 0.1) is 5.76 Å². The molecule has 1 N–H and O–H groups in total.